The predicted molar refractivity (Wildman–Crippen MR) is 58.7 cm³/mol. The molecule has 1 nitrogen and oxygen atoms in total. The normalized spacial score (nSPS) is 21.3. The van der Waals surface area contributed by atoms with E-state index in [1.165, 1.54) is 6.07 Å². The Morgan fingerprint density at radius 3 is 2.88 bits per heavy atom. The average Bonchev–Trinajstić information content (AvgIpc) is 2.83. The van der Waals surface area contributed by atoms with Gasteiger partial charge in [-0.15, -0.1) is 0 Å². The third-order valence-electron chi connectivity index (χ3n) is 3.05. The number of rotatable bonds is 3. The molecule has 1 aromatic rings. The molecule has 0 aromatic heterocycles. The lowest BCUT2D eigenvalue weighted by Gasteiger charge is -2.23. The van der Waals surface area contributed by atoms with Gasteiger partial charge in [-0.2, -0.15) is 8.78 Å². The van der Waals surface area contributed by atoms with Crippen molar-refractivity contribution in [2.24, 2.45) is 0 Å². The Labute approximate surface area is 94.4 Å². The summed E-state index contributed by atoms with van der Waals surface area (Å²) in [6.07, 6.45) is 1.01. The molecule has 0 aliphatic carbocycles. The maximum absolute atomic E-state index is 14.1. The first kappa shape index (κ1) is 11.5. The highest BCUT2D eigenvalue weighted by Gasteiger charge is 2.43. The molecule has 0 saturated carbocycles. The highest BCUT2D eigenvalue weighted by Crippen LogP contribution is 2.38. The monoisotopic (exact) mass is 226 g/mol. The maximum atomic E-state index is 14.1. The van der Waals surface area contributed by atoms with Crippen molar-refractivity contribution >= 4 is 0 Å². The fraction of sp³-hybridized carbons (Fsp3) is 0.538. The van der Waals surface area contributed by atoms with Gasteiger partial charge in [0.1, 0.15) is 6.10 Å². The minimum absolute atomic E-state index is 0.0822. The summed E-state index contributed by atoms with van der Waals surface area (Å²) in [5.41, 5.74) is 1.02. The summed E-state index contributed by atoms with van der Waals surface area (Å²) in [6.45, 7) is 2.41. The second-order valence-electron chi connectivity index (χ2n) is 4.18. The first-order valence-electron chi connectivity index (χ1n) is 5.73. The maximum Gasteiger partial charge on any atom is 0.298 e. The van der Waals surface area contributed by atoms with Crippen LogP contribution in [0.3, 0.4) is 0 Å². The number of halogens is 2. The van der Waals surface area contributed by atoms with Gasteiger partial charge in [0.25, 0.3) is 5.92 Å². The molecule has 1 heterocycles. The summed E-state index contributed by atoms with van der Waals surface area (Å²) < 4.78 is 33.2. The Hall–Kier alpha value is -0.960. The fourth-order valence-corrected chi connectivity index (χ4v) is 2.05. The second-order valence-corrected chi connectivity index (χ2v) is 4.18. The molecule has 0 amide bonds. The molecule has 1 aromatic carbocycles. The van der Waals surface area contributed by atoms with E-state index in [9.17, 15) is 8.78 Å². The van der Waals surface area contributed by atoms with Gasteiger partial charge in [0.2, 0.25) is 0 Å². The molecule has 3 heteroatoms. The number of hydrogen-bond acceptors (Lipinski definition) is 1. The fourth-order valence-electron chi connectivity index (χ4n) is 2.05. The van der Waals surface area contributed by atoms with E-state index in [0.717, 1.165) is 18.4 Å². The molecule has 0 N–H and O–H groups in total. The number of benzene rings is 1. The lowest BCUT2D eigenvalue weighted by Crippen LogP contribution is -2.30. The Balaban J connectivity index is 2.26. The molecule has 16 heavy (non-hydrogen) atoms. The van der Waals surface area contributed by atoms with Crippen LogP contribution < -0.4 is 0 Å². The molecular weight excluding hydrogens is 210 g/mol. The smallest absolute Gasteiger partial charge is 0.298 e. The zero-order chi connectivity index (χ0) is 11.6. The summed E-state index contributed by atoms with van der Waals surface area (Å²) in [7, 11) is 0. The summed E-state index contributed by atoms with van der Waals surface area (Å²) in [4.78, 5) is 0. The summed E-state index contributed by atoms with van der Waals surface area (Å²) in [5, 5.41) is 0. The van der Waals surface area contributed by atoms with E-state index >= 15 is 0 Å². The van der Waals surface area contributed by atoms with Crippen molar-refractivity contribution in [3.8, 4) is 0 Å². The van der Waals surface area contributed by atoms with Crippen LogP contribution in [-0.4, -0.2) is 12.7 Å². The minimum Gasteiger partial charge on any atom is -0.372 e. The molecule has 2 rings (SSSR count). The molecule has 1 aliphatic rings. The van der Waals surface area contributed by atoms with Crippen LogP contribution in [0.4, 0.5) is 8.78 Å². The minimum atomic E-state index is -2.86. The highest BCUT2D eigenvalue weighted by molar-refractivity contribution is 5.28. The van der Waals surface area contributed by atoms with Crippen LogP contribution in [-0.2, 0) is 17.1 Å². The largest absolute Gasteiger partial charge is 0.372 e. The first-order chi connectivity index (χ1) is 7.64. The number of alkyl halides is 2. The molecule has 0 radical (unpaired) electrons. The van der Waals surface area contributed by atoms with E-state index in [-0.39, 0.29) is 5.56 Å². The summed E-state index contributed by atoms with van der Waals surface area (Å²) in [6, 6.07) is 6.63. The van der Waals surface area contributed by atoms with Crippen LogP contribution in [0.15, 0.2) is 24.3 Å². The number of hydrogen-bond donors (Lipinski definition) is 0. The third kappa shape index (κ3) is 2.09. The van der Waals surface area contributed by atoms with Crippen LogP contribution in [0, 0.1) is 0 Å². The van der Waals surface area contributed by atoms with Crippen molar-refractivity contribution in [1.82, 2.24) is 0 Å². The molecule has 88 valence electrons. The van der Waals surface area contributed by atoms with Crippen LogP contribution in [0.25, 0.3) is 0 Å². The van der Waals surface area contributed by atoms with Crippen molar-refractivity contribution < 1.29 is 13.5 Å². The SMILES string of the molecule is CCc1cccc(C(F)(F)C2CCCO2)c1. The van der Waals surface area contributed by atoms with Crippen molar-refractivity contribution in [2.75, 3.05) is 6.61 Å². The van der Waals surface area contributed by atoms with Gasteiger partial charge in [-0.25, -0.2) is 0 Å². The van der Waals surface area contributed by atoms with Gasteiger partial charge in [-0.05, 0) is 30.9 Å². The first-order valence-corrected chi connectivity index (χ1v) is 5.73. The van der Waals surface area contributed by atoms with E-state index in [2.05, 4.69) is 0 Å². The average molecular weight is 226 g/mol. The summed E-state index contributed by atoms with van der Waals surface area (Å²) in [5.74, 6) is -2.86. The van der Waals surface area contributed by atoms with Gasteiger partial charge in [-0.3, -0.25) is 0 Å². The van der Waals surface area contributed by atoms with Crippen molar-refractivity contribution in [2.45, 2.75) is 38.2 Å². The molecule has 1 unspecified atom stereocenters. The Bertz CT molecular complexity index is 357. The lowest BCUT2D eigenvalue weighted by atomic mass is 9.98. The second kappa shape index (κ2) is 4.50. The van der Waals surface area contributed by atoms with Gasteiger partial charge in [0, 0.05) is 12.2 Å². The van der Waals surface area contributed by atoms with Gasteiger partial charge in [0.15, 0.2) is 0 Å². The summed E-state index contributed by atoms with van der Waals surface area (Å²) >= 11 is 0. The third-order valence-corrected chi connectivity index (χ3v) is 3.05. The molecule has 1 fully saturated rings. The molecule has 0 spiro atoms. The van der Waals surface area contributed by atoms with Gasteiger partial charge in [0.05, 0.1) is 0 Å². The van der Waals surface area contributed by atoms with E-state index in [1.54, 1.807) is 12.1 Å². The predicted octanol–water partition coefficient (Wildman–Crippen LogP) is 3.52. The van der Waals surface area contributed by atoms with Crippen molar-refractivity contribution in [3.05, 3.63) is 35.4 Å². The molecule has 1 atom stereocenters. The van der Waals surface area contributed by atoms with E-state index in [0.29, 0.717) is 13.0 Å². The molecule has 0 bridgehead atoms. The Morgan fingerprint density at radius 1 is 1.44 bits per heavy atom. The van der Waals surface area contributed by atoms with Crippen molar-refractivity contribution in [1.29, 1.82) is 0 Å². The van der Waals surface area contributed by atoms with Crippen LogP contribution >= 0.6 is 0 Å². The Kier molecular flexibility index (Phi) is 3.24. The van der Waals surface area contributed by atoms with Crippen LogP contribution in [0.2, 0.25) is 0 Å². The zero-order valence-electron chi connectivity index (χ0n) is 9.38. The van der Waals surface area contributed by atoms with E-state index in [1.807, 2.05) is 13.0 Å². The molecule has 1 aliphatic heterocycles. The quantitative estimate of drug-likeness (QED) is 0.766. The standard InChI is InChI=1S/C13H16F2O/c1-2-10-5-3-6-11(9-10)13(14,15)12-7-4-8-16-12/h3,5-6,9,12H,2,4,7-8H2,1H3. The topological polar surface area (TPSA) is 9.23 Å². The Morgan fingerprint density at radius 2 is 2.25 bits per heavy atom. The lowest BCUT2D eigenvalue weighted by molar-refractivity contribution is -0.122. The van der Waals surface area contributed by atoms with Crippen LogP contribution in [0.1, 0.15) is 30.9 Å². The zero-order valence-corrected chi connectivity index (χ0v) is 9.38. The van der Waals surface area contributed by atoms with Gasteiger partial charge in [-0.1, -0.05) is 25.1 Å². The van der Waals surface area contributed by atoms with Gasteiger partial charge >= 0.3 is 0 Å². The highest BCUT2D eigenvalue weighted by atomic mass is 19.3. The number of ether oxygens (including phenoxy) is 1. The van der Waals surface area contributed by atoms with Crippen LogP contribution in [0.5, 0.6) is 0 Å². The van der Waals surface area contributed by atoms with Crippen molar-refractivity contribution in [3.63, 3.8) is 0 Å². The van der Waals surface area contributed by atoms with E-state index in [4.69, 9.17) is 4.74 Å². The van der Waals surface area contributed by atoms with Gasteiger partial charge < -0.3 is 4.74 Å². The number of aryl methyl sites for hydroxylation is 1. The molecular formula is C13H16F2O. The molecule has 1 saturated heterocycles. The van der Waals surface area contributed by atoms with E-state index < -0.39 is 12.0 Å².